The Bertz CT molecular complexity index is 433. The average Bonchev–Trinajstić information content (AvgIpc) is 2.18. The van der Waals surface area contributed by atoms with Crippen LogP contribution in [0.4, 0.5) is 0 Å². The van der Waals surface area contributed by atoms with Crippen LogP contribution in [0.2, 0.25) is 0 Å². The number of carboxylic acids is 1. The van der Waals surface area contributed by atoms with Gasteiger partial charge in [0, 0.05) is 0 Å². The first-order valence-electron chi connectivity index (χ1n) is 4.04. The minimum atomic E-state index is -1.10. The first-order valence-corrected chi connectivity index (χ1v) is 4.04. The maximum absolute atomic E-state index is 10.9. The van der Waals surface area contributed by atoms with E-state index in [0.717, 1.165) is 0 Å². The molecule has 76 valence electrons. The number of rotatable bonds is 3. The largest absolute Gasteiger partial charge is 0.478 e. The molecule has 0 fully saturated rings. The molecule has 0 bridgehead atoms. The summed E-state index contributed by atoms with van der Waals surface area (Å²) in [6.07, 6.45) is -0.364. The highest BCUT2D eigenvalue weighted by Gasteiger charge is 2.07. The summed E-state index contributed by atoms with van der Waals surface area (Å²) in [5.41, 5.74) is 0.0252. The number of hydrogen-bond acceptors (Lipinski definition) is 4. The van der Waals surface area contributed by atoms with Gasteiger partial charge in [0.15, 0.2) is 0 Å². The van der Waals surface area contributed by atoms with Crippen LogP contribution in [0.3, 0.4) is 0 Å². The number of aromatic carboxylic acids is 1. The van der Waals surface area contributed by atoms with E-state index < -0.39 is 11.9 Å². The Balaban J connectivity index is 2.79. The molecular formula is C10H7NO4. The van der Waals surface area contributed by atoms with Crippen molar-refractivity contribution in [1.29, 1.82) is 5.26 Å². The quantitative estimate of drug-likeness (QED) is 0.591. The Morgan fingerprint density at radius 2 is 2.20 bits per heavy atom. The van der Waals surface area contributed by atoms with Crippen LogP contribution in [0.1, 0.15) is 16.8 Å². The molecule has 0 aliphatic carbocycles. The molecule has 0 saturated heterocycles. The number of carbonyl (C=O) groups excluding carboxylic acids is 1. The molecule has 1 rings (SSSR count). The van der Waals surface area contributed by atoms with Gasteiger partial charge in [0.25, 0.3) is 0 Å². The number of carbonyl (C=O) groups is 2. The molecule has 0 heterocycles. The number of hydrogen-bond donors (Lipinski definition) is 1. The van der Waals surface area contributed by atoms with Crippen molar-refractivity contribution in [2.75, 3.05) is 0 Å². The smallest absolute Gasteiger partial charge is 0.335 e. The van der Waals surface area contributed by atoms with Gasteiger partial charge in [0.2, 0.25) is 0 Å². The van der Waals surface area contributed by atoms with Crippen LogP contribution in [-0.4, -0.2) is 17.0 Å². The molecule has 1 aromatic rings. The maximum Gasteiger partial charge on any atom is 0.335 e. The van der Waals surface area contributed by atoms with Crippen LogP contribution >= 0.6 is 0 Å². The summed E-state index contributed by atoms with van der Waals surface area (Å²) in [5.74, 6) is -1.69. The fourth-order valence-corrected chi connectivity index (χ4v) is 0.925. The zero-order chi connectivity index (χ0) is 11.3. The number of nitrogens with zero attached hydrogens (tertiary/aromatic N) is 1. The Kier molecular flexibility index (Phi) is 3.41. The third kappa shape index (κ3) is 3.12. The summed E-state index contributed by atoms with van der Waals surface area (Å²) >= 11 is 0. The zero-order valence-electron chi connectivity index (χ0n) is 7.64. The highest BCUT2D eigenvalue weighted by Crippen LogP contribution is 2.13. The summed E-state index contributed by atoms with van der Waals surface area (Å²) in [6, 6.07) is 7.14. The van der Waals surface area contributed by atoms with Gasteiger partial charge in [-0.1, -0.05) is 6.07 Å². The minimum absolute atomic E-state index is 0.0252. The van der Waals surface area contributed by atoms with E-state index in [2.05, 4.69) is 0 Å². The molecule has 0 spiro atoms. The van der Waals surface area contributed by atoms with Crippen molar-refractivity contribution < 1.29 is 19.4 Å². The van der Waals surface area contributed by atoms with Crippen LogP contribution in [0.15, 0.2) is 24.3 Å². The lowest BCUT2D eigenvalue weighted by atomic mass is 10.2. The molecular weight excluding hydrogens is 198 g/mol. The van der Waals surface area contributed by atoms with Gasteiger partial charge in [-0.05, 0) is 18.2 Å². The van der Waals surface area contributed by atoms with Crippen molar-refractivity contribution in [3.63, 3.8) is 0 Å². The molecule has 1 N–H and O–H groups in total. The van der Waals surface area contributed by atoms with E-state index >= 15 is 0 Å². The molecule has 0 aliphatic heterocycles. The maximum atomic E-state index is 10.9. The molecule has 5 heteroatoms. The number of esters is 1. The molecule has 0 aliphatic rings. The topological polar surface area (TPSA) is 87.4 Å². The van der Waals surface area contributed by atoms with Crippen molar-refractivity contribution in [1.82, 2.24) is 0 Å². The summed E-state index contributed by atoms with van der Waals surface area (Å²) in [6.45, 7) is 0. The molecule has 0 amide bonds. The molecule has 0 atom stereocenters. The van der Waals surface area contributed by atoms with Crippen molar-refractivity contribution in [3.8, 4) is 11.8 Å². The van der Waals surface area contributed by atoms with E-state index in [4.69, 9.17) is 15.1 Å². The second-order valence-electron chi connectivity index (χ2n) is 2.64. The second-order valence-corrected chi connectivity index (χ2v) is 2.64. The van der Waals surface area contributed by atoms with E-state index in [1.807, 2.05) is 0 Å². The Morgan fingerprint density at radius 1 is 1.47 bits per heavy atom. The van der Waals surface area contributed by atoms with E-state index in [1.165, 1.54) is 24.3 Å². The molecule has 0 saturated carbocycles. The Hall–Kier alpha value is -2.35. The van der Waals surface area contributed by atoms with Crippen LogP contribution in [0.5, 0.6) is 5.75 Å². The number of ether oxygens (including phenoxy) is 1. The standard InChI is InChI=1S/C10H7NO4/c11-5-4-9(12)15-8-3-1-2-7(6-8)10(13)14/h1-3,6H,4H2,(H,13,14). The lowest BCUT2D eigenvalue weighted by Gasteiger charge is -2.02. The van der Waals surface area contributed by atoms with E-state index in [1.54, 1.807) is 6.07 Å². The van der Waals surface area contributed by atoms with Gasteiger partial charge >= 0.3 is 11.9 Å². The monoisotopic (exact) mass is 205 g/mol. The number of nitriles is 1. The molecule has 5 nitrogen and oxygen atoms in total. The van der Waals surface area contributed by atoms with E-state index in [9.17, 15) is 9.59 Å². The van der Waals surface area contributed by atoms with Gasteiger partial charge in [-0.15, -0.1) is 0 Å². The third-order valence-electron chi connectivity index (χ3n) is 1.54. The summed E-state index contributed by atoms with van der Waals surface area (Å²) < 4.78 is 4.72. The minimum Gasteiger partial charge on any atom is -0.478 e. The van der Waals surface area contributed by atoms with Gasteiger partial charge in [0.1, 0.15) is 12.2 Å². The molecule has 1 aromatic carbocycles. The molecule has 0 radical (unpaired) electrons. The predicted molar refractivity (Wildman–Crippen MR) is 49.3 cm³/mol. The number of carboxylic acid groups (broad SMARTS) is 1. The summed E-state index contributed by atoms with van der Waals surface area (Å²) in [7, 11) is 0. The van der Waals surface area contributed by atoms with Crippen molar-refractivity contribution in [2.45, 2.75) is 6.42 Å². The Morgan fingerprint density at radius 3 is 2.80 bits per heavy atom. The first-order chi connectivity index (χ1) is 7.13. The third-order valence-corrected chi connectivity index (χ3v) is 1.54. The van der Waals surface area contributed by atoms with Crippen LogP contribution in [0, 0.1) is 11.3 Å². The lowest BCUT2D eigenvalue weighted by molar-refractivity contribution is -0.133. The van der Waals surface area contributed by atoms with Crippen molar-refractivity contribution in [2.24, 2.45) is 0 Å². The lowest BCUT2D eigenvalue weighted by Crippen LogP contribution is -2.07. The Labute approximate surface area is 85.5 Å². The van der Waals surface area contributed by atoms with Gasteiger partial charge < -0.3 is 9.84 Å². The van der Waals surface area contributed by atoms with Gasteiger partial charge in [-0.25, -0.2) is 4.79 Å². The van der Waals surface area contributed by atoms with Gasteiger partial charge in [0.05, 0.1) is 11.6 Å². The zero-order valence-corrected chi connectivity index (χ0v) is 7.64. The van der Waals surface area contributed by atoms with E-state index in [0.29, 0.717) is 0 Å². The SMILES string of the molecule is N#CCC(=O)Oc1cccc(C(=O)O)c1. The van der Waals surface area contributed by atoms with Gasteiger partial charge in [-0.3, -0.25) is 4.79 Å². The summed E-state index contributed by atoms with van der Waals surface area (Å²) in [5, 5.41) is 16.9. The fourth-order valence-electron chi connectivity index (χ4n) is 0.925. The predicted octanol–water partition coefficient (Wildman–Crippen LogP) is 1.20. The molecule has 15 heavy (non-hydrogen) atoms. The molecule has 0 aromatic heterocycles. The van der Waals surface area contributed by atoms with Gasteiger partial charge in [-0.2, -0.15) is 5.26 Å². The normalized spacial score (nSPS) is 9.00. The van der Waals surface area contributed by atoms with Crippen LogP contribution < -0.4 is 4.74 Å². The average molecular weight is 205 g/mol. The van der Waals surface area contributed by atoms with Crippen molar-refractivity contribution in [3.05, 3.63) is 29.8 Å². The summed E-state index contributed by atoms with van der Waals surface area (Å²) in [4.78, 5) is 21.5. The van der Waals surface area contributed by atoms with E-state index in [-0.39, 0.29) is 17.7 Å². The number of benzene rings is 1. The highest BCUT2D eigenvalue weighted by atomic mass is 16.5. The highest BCUT2D eigenvalue weighted by molar-refractivity contribution is 5.88. The molecule has 0 unspecified atom stereocenters. The second kappa shape index (κ2) is 4.77. The fraction of sp³-hybridized carbons (Fsp3) is 0.100. The van der Waals surface area contributed by atoms with Crippen LogP contribution in [0.25, 0.3) is 0 Å². The van der Waals surface area contributed by atoms with Crippen LogP contribution in [-0.2, 0) is 4.79 Å². The van der Waals surface area contributed by atoms with Crippen molar-refractivity contribution >= 4 is 11.9 Å². The first kappa shape index (κ1) is 10.7.